The van der Waals surface area contributed by atoms with Crippen LogP contribution in [-0.2, 0) is 17.9 Å². The van der Waals surface area contributed by atoms with Gasteiger partial charge in [-0.25, -0.2) is 9.18 Å². The summed E-state index contributed by atoms with van der Waals surface area (Å²) in [6.45, 7) is 0.0635. The second-order valence-electron chi connectivity index (χ2n) is 8.05. The molecule has 1 saturated heterocycles. The van der Waals surface area contributed by atoms with Gasteiger partial charge in [0.1, 0.15) is 23.9 Å². The van der Waals surface area contributed by atoms with E-state index in [1.807, 2.05) is 54.6 Å². The van der Waals surface area contributed by atoms with Gasteiger partial charge >= 0.3 is 6.03 Å². The van der Waals surface area contributed by atoms with Crippen molar-refractivity contribution in [3.05, 3.63) is 118 Å². The van der Waals surface area contributed by atoms with Crippen molar-refractivity contribution < 1.29 is 18.7 Å². The number of rotatable bonds is 6. The molecule has 0 saturated carbocycles. The molecular weight excluding hydrogens is 467 g/mol. The maximum absolute atomic E-state index is 14.1. The smallest absolute Gasteiger partial charge is 0.329 e. The van der Waals surface area contributed by atoms with Crippen molar-refractivity contribution in [2.45, 2.75) is 13.2 Å². The van der Waals surface area contributed by atoms with Gasteiger partial charge < -0.3 is 10.1 Å². The molecule has 4 aromatic rings. The van der Waals surface area contributed by atoms with Gasteiger partial charge in [-0.1, -0.05) is 78.3 Å². The molecule has 0 atom stereocenters. The van der Waals surface area contributed by atoms with E-state index in [1.54, 1.807) is 30.3 Å². The standard InChI is InChI=1S/C28H20ClFN2O3/c29-23-11-5-2-9-20(23)17-35-26-14-13-18-7-1-4-10-21(18)22(26)15-25-27(33)32(28(34)31-25)16-19-8-3-6-12-24(19)30/h1-15H,16-17H2,(H,31,34)/b25-15+. The lowest BCUT2D eigenvalue weighted by Crippen LogP contribution is -2.30. The molecule has 4 aromatic carbocycles. The van der Waals surface area contributed by atoms with Crippen molar-refractivity contribution in [3.8, 4) is 5.75 Å². The number of nitrogens with one attached hydrogen (secondary N) is 1. The highest BCUT2D eigenvalue weighted by Crippen LogP contribution is 2.32. The highest BCUT2D eigenvalue weighted by atomic mass is 35.5. The number of hydrogen-bond acceptors (Lipinski definition) is 3. The Balaban J connectivity index is 1.49. The molecule has 35 heavy (non-hydrogen) atoms. The van der Waals surface area contributed by atoms with Crippen LogP contribution in [0.3, 0.4) is 0 Å². The number of urea groups is 1. The molecule has 1 heterocycles. The largest absolute Gasteiger partial charge is 0.488 e. The first-order chi connectivity index (χ1) is 17.0. The molecule has 0 unspecified atom stereocenters. The number of hydrogen-bond donors (Lipinski definition) is 1. The Morgan fingerprint density at radius 2 is 1.60 bits per heavy atom. The summed E-state index contributed by atoms with van der Waals surface area (Å²) in [4.78, 5) is 26.7. The van der Waals surface area contributed by atoms with Crippen LogP contribution >= 0.6 is 11.6 Å². The zero-order chi connectivity index (χ0) is 24.4. The number of nitrogens with zero attached hydrogens (tertiary/aromatic N) is 1. The summed E-state index contributed by atoms with van der Waals surface area (Å²) in [6, 6.07) is 24.3. The summed E-state index contributed by atoms with van der Waals surface area (Å²) in [6.07, 6.45) is 1.60. The molecule has 0 spiro atoms. The molecule has 3 amide bonds. The molecule has 7 heteroatoms. The summed E-state index contributed by atoms with van der Waals surface area (Å²) < 4.78 is 20.2. The first kappa shape index (κ1) is 22.6. The lowest BCUT2D eigenvalue weighted by Gasteiger charge is -2.14. The number of halogens is 2. The van der Waals surface area contributed by atoms with Gasteiger partial charge in [-0.2, -0.15) is 0 Å². The van der Waals surface area contributed by atoms with E-state index < -0.39 is 17.8 Å². The minimum atomic E-state index is -0.608. The van der Waals surface area contributed by atoms with Crippen LogP contribution in [0, 0.1) is 5.82 Å². The summed E-state index contributed by atoms with van der Waals surface area (Å²) in [7, 11) is 0. The van der Waals surface area contributed by atoms with E-state index >= 15 is 0 Å². The van der Waals surface area contributed by atoms with Gasteiger partial charge in [-0.05, 0) is 35.0 Å². The molecular formula is C28H20ClFN2O3. The van der Waals surface area contributed by atoms with E-state index in [1.165, 1.54) is 6.07 Å². The quantitative estimate of drug-likeness (QED) is 0.257. The number of carbonyl (C=O) groups excluding carboxylic acids is 2. The molecule has 174 valence electrons. The Kier molecular flexibility index (Phi) is 6.21. The minimum absolute atomic E-state index is 0.0882. The molecule has 5 rings (SSSR count). The molecule has 0 aliphatic carbocycles. The molecule has 0 radical (unpaired) electrons. The van der Waals surface area contributed by atoms with Gasteiger partial charge in [0.05, 0.1) is 6.54 Å². The van der Waals surface area contributed by atoms with Gasteiger partial charge in [0.2, 0.25) is 0 Å². The van der Waals surface area contributed by atoms with Crippen LogP contribution < -0.4 is 10.1 Å². The highest BCUT2D eigenvalue weighted by Gasteiger charge is 2.34. The van der Waals surface area contributed by atoms with Gasteiger partial charge in [0, 0.05) is 21.7 Å². The molecule has 5 nitrogen and oxygen atoms in total. The molecule has 1 N–H and O–H groups in total. The fourth-order valence-electron chi connectivity index (χ4n) is 3.98. The van der Waals surface area contributed by atoms with Crippen LogP contribution in [0.2, 0.25) is 5.02 Å². The summed E-state index contributed by atoms with van der Waals surface area (Å²) in [5.74, 6) is -0.483. The third-order valence-electron chi connectivity index (χ3n) is 5.81. The molecule has 1 fully saturated rings. The number of ether oxygens (including phenoxy) is 1. The monoisotopic (exact) mass is 486 g/mol. The topological polar surface area (TPSA) is 58.6 Å². The van der Waals surface area contributed by atoms with E-state index in [9.17, 15) is 14.0 Å². The van der Waals surface area contributed by atoms with E-state index in [0.29, 0.717) is 16.3 Å². The highest BCUT2D eigenvalue weighted by molar-refractivity contribution is 6.31. The Morgan fingerprint density at radius 1 is 0.886 bits per heavy atom. The lowest BCUT2D eigenvalue weighted by molar-refractivity contribution is -0.123. The van der Waals surface area contributed by atoms with Crippen LogP contribution in [0.15, 0.2) is 90.6 Å². The van der Waals surface area contributed by atoms with Crippen LogP contribution in [0.5, 0.6) is 5.75 Å². The minimum Gasteiger partial charge on any atom is -0.488 e. The molecule has 1 aliphatic heterocycles. The van der Waals surface area contributed by atoms with Crippen molar-refractivity contribution in [1.29, 1.82) is 0 Å². The van der Waals surface area contributed by atoms with Gasteiger partial charge in [-0.15, -0.1) is 0 Å². The second-order valence-corrected chi connectivity index (χ2v) is 8.46. The SMILES string of the molecule is O=C1N/C(=C/c2c(OCc3ccccc3Cl)ccc3ccccc23)C(=O)N1Cc1ccccc1F. The predicted molar refractivity (Wildman–Crippen MR) is 133 cm³/mol. The van der Waals surface area contributed by atoms with Crippen molar-refractivity contribution in [3.63, 3.8) is 0 Å². The van der Waals surface area contributed by atoms with E-state index in [2.05, 4.69) is 5.32 Å². The average molecular weight is 487 g/mol. The van der Waals surface area contributed by atoms with Crippen molar-refractivity contribution in [2.24, 2.45) is 0 Å². The fraction of sp³-hybridized carbons (Fsp3) is 0.0714. The van der Waals surface area contributed by atoms with Crippen LogP contribution in [-0.4, -0.2) is 16.8 Å². The van der Waals surface area contributed by atoms with E-state index in [0.717, 1.165) is 21.2 Å². The lowest BCUT2D eigenvalue weighted by atomic mass is 10.0. The molecule has 1 aliphatic rings. The van der Waals surface area contributed by atoms with Gasteiger partial charge in [-0.3, -0.25) is 9.69 Å². The third kappa shape index (κ3) is 4.61. The van der Waals surface area contributed by atoms with E-state index in [-0.39, 0.29) is 24.4 Å². The maximum atomic E-state index is 14.1. The maximum Gasteiger partial charge on any atom is 0.329 e. The first-order valence-electron chi connectivity index (χ1n) is 11.0. The zero-order valence-electron chi connectivity index (χ0n) is 18.5. The number of carbonyl (C=O) groups is 2. The number of imide groups is 1. The van der Waals surface area contributed by atoms with Crippen molar-refractivity contribution in [1.82, 2.24) is 10.2 Å². The Bertz CT molecular complexity index is 1480. The Hall–Kier alpha value is -4.16. The number of benzene rings is 4. The predicted octanol–water partition coefficient (Wildman–Crippen LogP) is 6.30. The van der Waals surface area contributed by atoms with Crippen LogP contribution in [0.4, 0.5) is 9.18 Å². The normalized spacial score (nSPS) is 14.6. The summed E-state index contributed by atoms with van der Waals surface area (Å²) in [5, 5.41) is 5.01. The Labute approximate surface area is 206 Å². The van der Waals surface area contributed by atoms with E-state index in [4.69, 9.17) is 16.3 Å². The van der Waals surface area contributed by atoms with Crippen LogP contribution in [0.1, 0.15) is 16.7 Å². The Morgan fingerprint density at radius 3 is 2.40 bits per heavy atom. The zero-order valence-corrected chi connectivity index (χ0v) is 19.3. The fourth-order valence-corrected chi connectivity index (χ4v) is 4.17. The molecule has 0 bridgehead atoms. The summed E-state index contributed by atoms with van der Waals surface area (Å²) >= 11 is 6.28. The first-order valence-corrected chi connectivity index (χ1v) is 11.3. The second kappa shape index (κ2) is 9.60. The molecule has 0 aromatic heterocycles. The summed E-state index contributed by atoms with van der Waals surface area (Å²) in [5.41, 5.74) is 1.81. The number of fused-ring (bicyclic) bond motifs is 1. The van der Waals surface area contributed by atoms with Crippen molar-refractivity contribution in [2.75, 3.05) is 0 Å². The van der Waals surface area contributed by atoms with Gasteiger partial charge in [0.15, 0.2) is 0 Å². The average Bonchev–Trinajstić information content (AvgIpc) is 3.13. The van der Waals surface area contributed by atoms with Crippen LogP contribution in [0.25, 0.3) is 16.8 Å². The third-order valence-corrected chi connectivity index (χ3v) is 6.18. The van der Waals surface area contributed by atoms with Crippen molar-refractivity contribution >= 4 is 40.4 Å². The number of amides is 3. The van der Waals surface area contributed by atoms with Gasteiger partial charge in [0.25, 0.3) is 5.91 Å².